The van der Waals surface area contributed by atoms with Gasteiger partial charge >= 0.3 is 0 Å². The monoisotopic (exact) mass is 315 g/mol. The van der Waals surface area contributed by atoms with E-state index in [-0.39, 0.29) is 5.25 Å². The second-order valence-corrected chi connectivity index (χ2v) is 8.11. The highest BCUT2D eigenvalue weighted by molar-refractivity contribution is 7.92. The van der Waals surface area contributed by atoms with E-state index >= 15 is 0 Å². The van der Waals surface area contributed by atoms with Gasteiger partial charge in [0, 0.05) is 18.8 Å². The molecule has 0 N–H and O–H groups in total. The number of anilines is 1. The standard InChI is InChI=1S/C18H21NO2S/c1-15-7-9-17(10-8-15)22(20,21)18-11-13-19(14-12-18)16-5-3-2-4-6-16/h2-10,18H,11-14H2,1H3. The van der Waals surface area contributed by atoms with E-state index in [2.05, 4.69) is 17.0 Å². The molecule has 0 aromatic heterocycles. The number of piperidine rings is 1. The fourth-order valence-corrected chi connectivity index (χ4v) is 4.72. The normalized spacial score (nSPS) is 16.7. The van der Waals surface area contributed by atoms with Gasteiger partial charge in [-0.2, -0.15) is 0 Å². The lowest BCUT2D eigenvalue weighted by Gasteiger charge is -2.33. The molecule has 22 heavy (non-hydrogen) atoms. The Labute approximate surface area is 132 Å². The molecule has 0 spiro atoms. The second kappa shape index (κ2) is 6.13. The van der Waals surface area contributed by atoms with E-state index < -0.39 is 9.84 Å². The quantitative estimate of drug-likeness (QED) is 0.871. The van der Waals surface area contributed by atoms with E-state index in [1.807, 2.05) is 37.3 Å². The lowest BCUT2D eigenvalue weighted by molar-refractivity contribution is 0.530. The summed E-state index contributed by atoms with van der Waals surface area (Å²) in [5.41, 5.74) is 2.26. The Kier molecular flexibility index (Phi) is 4.21. The van der Waals surface area contributed by atoms with Crippen molar-refractivity contribution in [2.75, 3.05) is 18.0 Å². The summed E-state index contributed by atoms with van der Waals surface area (Å²) in [7, 11) is -3.21. The minimum absolute atomic E-state index is 0.268. The molecule has 2 aromatic rings. The largest absolute Gasteiger partial charge is 0.371 e. The van der Waals surface area contributed by atoms with E-state index in [4.69, 9.17) is 0 Å². The van der Waals surface area contributed by atoms with Gasteiger partial charge in [0.15, 0.2) is 9.84 Å². The number of rotatable bonds is 3. The molecule has 0 unspecified atom stereocenters. The van der Waals surface area contributed by atoms with Crippen molar-refractivity contribution < 1.29 is 8.42 Å². The first kappa shape index (κ1) is 15.1. The molecule has 0 atom stereocenters. The third-order valence-electron chi connectivity index (χ3n) is 4.35. The van der Waals surface area contributed by atoms with Gasteiger partial charge in [-0.05, 0) is 44.0 Å². The van der Waals surface area contributed by atoms with Gasteiger partial charge in [-0.1, -0.05) is 35.9 Å². The van der Waals surface area contributed by atoms with E-state index in [1.54, 1.807) is 12.1 Å². The highest BCUT2D eigenvalue weighted by Gasteiger charge is 2.31. The van der Waals surface area contributed by atoms with Crippen LogP contribution >= 0.6 is 0 Å². The second-order valence-electron chi connectivity index (χ2n) is 5.88. The maximum absolute atomic E-state index is 12.7. The van der Waals surface area contributed by atoms with Gasteiger partial charge in [-0.3, -0.25) is 0 Å². The van der Waals surface area contributed by atoms with Crippen LogP contribution in [-0.2, 0) is 9.84 Å². The van der Waals surface area contributed by atoms with Crippen molar-refractivity contribution in [1.82, 2.24) is 0 Å². The van der Waals surface area contributed by atoms with E-state index in [0.717, 1.165) is 18.7 Å². The first-order valence-electron chi connectivity index (χ1n) is 7.68. The average molecular weight is 315 g/mol. The summed E-state index contributed by atoms with van der Waals surface area (Å²) in [5.74, 6) is 0. The summed E-state index contributed by atoms with van der Waals surface area (Å²) in [5, 5.41) is -0.268. The molecule has 1 aliphatic heterocycles. The number of aryl methyl sites for hydroxylation is 1. The highest BCUT2D eigenvalue weighted by atomic mass is 32.2. The van der Waals surface area contributed by atoms with Crippen LogP contribution in [0.15, 0.2) is 59.5 Å². The highest BCUT2D eigenvalue weighted by Crippen LogP contribution is 2.27. The van der Waals surface area contributed by atoms with Crippen LogP contribution in [0.2, 0.25) is 0 Å². The van der Waals surface area contributed by atoms with Crippen molar-refractivity contribution >= 4 is 15.5 Å². The number of benzene rings is 2. The molecular formula is C18H21NO2S. The maximum atomic E-state index is 12.7. The lowest BCUT2D eigenvalue weighted by Crippen LogP contribution is -2.39. The van der Waals surface area contributed by atoms with Crippen LogP contribution in [0, 0.1) is 6.92 Å². The topological polar surface area (TPSA) is 37.4 Å². The first-order valence-corrected chi connectivity index (χ1v) is 9.22. The molecule has 3 nitrogen and oxygen atoms in total. The summed E-state index contributed by atoms with van der Waals surface area (Å²) in [6.45, 7) is 3.55. The molecule has 116 valence electrons. The van der Waals surface area contributed by atoms with Crippen LogP contribution in [0.25, 0.3) is 0 Å². The van der Waals surface area contributed by atoms with Crippen LogP contribution in [0.5, 0.6) is 0 Å². The number of hydrogen-bond acceptors (Lipinski definition) is 3. The van der Waals surface area contributed by atoms with Gasteiger partial charge in [0.1, 0.15) is 0 Å². The predicted octanol–water partition coefficient (Wildman–Crippen LogP) is 3.44. The Morgan fingerprint density at radius 2 is 1.50 bits per heavy atom. The summed E-state index contributed by atoms with van der Waals surface area (Å²) in [6, 6.07) is 17.4. The summed E-state index contributed by atoms with van der Waals surface area (Å²) >= 11 is 0. The number of para-hydroxylation sites is 1. The zero-order chi connectivity index (χ0) is 15.6. The van der Waals surface area contributed by atoms with Crippen LogP contribution in [0.4, 0.5) is 5.69 Å². The van der Waals surface area contributed by atoms with Gasteiger partial charge in [0.25, 0.3) is 0 Å². The minimum Gasteiger partial charge on any atom is -0.371 e. The van der Waals surface area contributed by atoms with Crippen LogP contribution < -0.4 is 4.90 Å². The van der Waals surface area contributed by atoms with E-state index in [9.17, 15) is 8.42 Å². The predicted molar refractivity (Wildman–Crippen MR) is 90.0 cm³/mol. The SMILES string of the molecule is Cc1ccc(S(=O)(=O)C2CCN(c3ccccc3)CC2)cc1. The fourth-order valence-electron chi connectivity index (χ4n) is 2.98. The number of nitrogens with zero attached hydrogens (tertiary/aromatic N) is 1. The van der Waals surface area contributed by atoms with Crippen molar-refractivity contribution in [2.24, 2.45) is 0 Å². The van der Waals surface area contributed by atoms with Crippen molar-refractivity contribution in [3.8, 4) is 0 Å². The first-order chi connectivity index (χ1) is 10.6. The van der Waals surface area contributed by atoms with Crippen molar-refractivity contribution in [3.63, 3.8) is 0 Å². The molecule has 2 aromatic carbocycles. The van der Waals surface area contributed by atoms with Crippen molar-refractivity contribution in [3.05, 3.63) is 60.2 Å². The fraction of sp³-hybridized carbons (Fsp3) is 0.333. The van der Waals surface area contributed by atoms with Crippen molar-refractivity contribution in [1.29, 1.82) is 0 Å². The Hall–Kier alpha value is -1.81. The molecule has 3 rings (SSSR count). The van der Waals surface area contributed by atoms with Crippen LogP contribution in [-0.4, -0.2) is 26.8 Å². The molecule has 1 fully saturated rings. The van der Waals surface area contributed by atoms with Gasteiger partial charge in [-0.15, -0.1) is 0 Å². The Balaban J connectivity index is 1.72. The maximum Gasteiger partial charge on any atom is 0.181 e. The molecule has 1 aliphatic rings. The van der Waals surface area contributed by atoms with Gasteiger partial charge in [0.2, 0.25) is 0 Å². The Morgan fingerprint density at radius 3 is 2.09 bits per heavy atom. The van der Waals surface area contributed by atoms with Gasteiger partial charge in [0.05, 0.1) is 10.1 Å². The van der Waals surface area contributed by atoms with Gasteiger partial charge < -0.3 is 4.90 Å². The molecule has 0 bridgehead atoms. The number of sulfone groups is 1. The summed E-state index contributed by atoms with van der Waals surface area (Å²) in [4.78, 5) is 2.72. The molecule has 4 heteroatoms. The molecule has 0 saturated carbocycles. The van der Waals surface area contributed by atoms with Crippen LogP contribution in [0.3, 0.4) is 0 Å². The third kappa shape index (κ3) is 3.02. The Bertz CT molecular complexity index is 715. The molecule has 0 aliphatic carbocycles. The molecule has 0 amide bonds. The zero-order valence-electron chi connectivity index (χ0n) is 12.8. The van der Waals surface area contributed by atoms with E-state index in [0.29, 0.717) is 17.7 Å². The molecular weight excluding hydrogens is 294 g/mol. The average Bonchev–Trinajstić information content (AvgIpc) is 2.56. The van der Waals surface area contributed by atoms with Gasteiger partial charge in [-0.25, -0.2) is 8.42 Å². The molecule has 0 radical (unpaired) electrons. The Morgan fingerprint density at radius 1 is 0.909 bits per heavy atom. The smallest absolute Gasteiger partial charge is 0.181 e. The summed E-state index contributed by atoms with van der Waals surface area (Å²) < 4.78 is 25.4. The zero-order valence-corrected chi connectivity index (χ0v) is 13.6. The third-order valence-corrected chi connectivity index (χ3v) is 6.63. The van der Waals surface area contributed by atoms with Crippen LogP contribution in [0.1, 0.15) is 18.4 Å². The van der Waals surface area contributed by atoms with E-state index in [1.165, 1.54) is 5.69 Å². The van der Waals surface area contributed by atoms with Crippen molar-refractivity contribution in [2.45, 2.75) is 29.9 Å². The summed E-state index contributed by atoms with van der Waals surface area (Å²) in [6.07, 6.45) is 1.37. The lowest BCUT2D eigenvalue weighted by atomic mass is 10.1. The number of hydrogen-bond donors (Lipinski definition) is 0. The molecule has 1 heterocycles. The minimum atomic E-state index is -3.21. The molecule has 1 saturated heterocycles.